The maximum Gasteiger partial charge on any atom is 0.0238 e. The van der Waals surface area contributed by atoms with Gasteiger partial charge in [0.15, 0.2) is 0 Å². The maximum absolute atomic E-state index is 5.69. The van der Waals surface area contributed by atoms with Crippen LogP contribution in [0.5, 0.6) is 0 Å². The summed E-state index contributed by atoms with van der Waals surface area (Å²) in [5.41, 5.74) is 4.02. The van der Waals surface area contributed by atoms with Gasteiger partial charge in [-0.3, -0.25) is 0 Å². The van der Waals surface area contributed by atoms with Gasteiger partial charge in [0.05, 0.1) is 0 Å². The van der Waals surface area contributed by atoms with Crippen molar-refractivity contribution < 1.29 is 0 Å². The Hall–Kier alpha value is -0.530. The largest absolute Gasteiger partial charge is 0.310 e. The molecule has 1 nitrogen and oxygen atoms in total. The first-order valence-corrected chi connectivity index (χ1v) is 6.02. The van der Waals surface area contributed by atoms with Gasteiger partial charge in [0.1, 0.15) is 0 Å². The van der Waals surface area contributed by atoms with Crippen LogP contribution in [0.3, 0.4) is 0 Å². The van der Waals surface area contributed by atoms with Crippen LogP contribution in [0.1, 0.15) is 30.0 Å². The Bertz CT molecular complexity index is 289. The van der Waals surface area contributed by atoms with Gasteiger partial charge in [-0.1, -0.05) is 29.3 Å². The van der Waals surface area contributed by atoms with Gasteiger partial charge in [-0.15, -0.1) is 11.6 Å². The molecule has 0 heterocycles. The Morgan fingerprint density at radius 2 is 1.80 bits per heavy atom. The van der Waals surface area contributed by atoms with Crippen molar-refractivity contribution >= 4 is 11.6 Å². The van der Waals surface area contributed by atoms with Crippen LogP contribution in [0.15, 0.2) is 18.2 Å². The van der Waals surface area contributed by atoms with E-state index in [9.17, 15) is 0 Å². The quantitative estimate of drug-likeness (QED) is 0.758. The molecular weight excluding hydrogens is 206 g/mol. The molecule has 0 aliphatic carbocycles. The molecule has 0 saturated heterocycles. The monoisotopic (exact) mass is 225 g/mol. The highest BCUT2D eigenvalue weighted by atomic mass is 35.5. The van der Waals surface area contributed by atoms with Crippen molar-refractivity contribution in [1.82, 2.24) is 5.32 Å². The lowest BCUT2D eigenvalue weighted by Gasteiger charge is -2.13. The van der Waals surface area contributed by atoms with Crippen molar-refractivity contribution in [1.29, 1.82) is 0 Å². The normalized spacial score (nSPS) is 12.8. The summed E-state index contributed by atoms with van der Waals surface area (Å²) in [6.07, 6.45) is 1.02. The molecule has 0 radical (unpaired) electrons. The first-order valence-electron chi connectivity index (χ1n) is 5.48. The highest BCUT2D eigenvalue weighted by Crippen LogP contribution is 2.09. The summed E-state index contributed by atoms with van der Waals surface area (Å²) in [7, 11) is 0. The number of benzene rings is 1. The molecule has 0 aliphatic rings. The molecule has 1 aromatic carbocycles. The molecular formula is C13H20ClN. The van der Waals surface area contributed by atoms with E-state index in [1.807, 2.05) is 0 Å². The first-order chi connectivity index (χ1) is 7.11. The fraction of sp³-hybridized carbons (Fsp3) is 0.538. The Kier molecular flexibility index (Phi) is 5.13. The topological polar surface area (TPSA) is 12.0 Å². The summed E-state index contributed by atoms with van der Waals surface area (Å²) in [4.78, 5) is 0. The predicted molar refractivity (Wildman–Crippen MR) is 67.6 cm³/mol. The van der Waals surface area contributed by atoms with Crippen molar-refractivity contribution in [2.45, 2.75) is 39.8 Å². The van der Waals surface area contributed by atoms with E-state index >= 15 is 0 Å². The minimum atomic E-state index is 0.489. The molecule has 1 rings (SSSR count). The molecule has 1 atom stereocenters. The van der Waals surface area contributed by atoms with Gasteiger partial charge < -0.3 is 5.32 Å². The van der Waals surface area contributed by atoms with Gasteiger partial charge in [-0.05, 0) is 32.8 Å². The van der Waals surface area contributed by atoms with E-state index in [4.69, 9.17) is 11.6 Å². The number of nitrogens with one attached hydrogen (secondary N) is 1. The highest BCUT2D eigenvalue weighted by molar-refractivity contribution is 6.17. The van der Waals surface area contributed by atoms with Crippen molar-refractivity contribution in [3.8, 4) is 0 Å². The van der Waals surface area contributed by atoms with Crippen LogP contribution in [-0.2, 0) is 6.54 Å². The lowest BCUT2D eigenvalue weighted by atomic mass is 10.1. The van der Waals surface area contributed by atoms with Crippen molar-refractivity contribution in [3.05, 3.63) is 34.9 Å². The minimum Gasteiger partial charge on any atom is -0.310 e. The third-order valence-electron chi connectivity index (χ3n) is 2.48. The Balaban J connectivity index is 2.50. The molecule has 1 N–H and O–H groups in total. The molecule has 0 fully saturated rings. The molecule has 0 aromatic heterocycles. The summed E-state index contributed by atoms with van der Waals surface area (Å²) in [5.74, 6) is 0.723. The zero-order valence-electron chi connectivity index (χ0n) is 9.81. The zero-order chi connectivity index (χ0) is 11.3. The third-order valence-corrected chi connectivity index (χ3v) is 2.70. The highest BCUT2D eigenvalue weighted by Gasteiger charge is 2.01. The van der Waals surface area contributed by atoms with Crippen molar-refractivity contribution in [3.63, 3.8) is 0 Å². The first kappa shape index (κ1) is 12.5. The lowest BCUT2D eigenvalue weighted by Crippen LogP contribution is -2.25. The van der Waals surface area contributed by atoms with Gasteiger partial charge in [-0.25, -0.2) is 0 Å². The van der Waals surface area contributed by atoms with Gasteiger partial charge in [0.25, 0.3) is 0 Å². The zero-order valence-corrected chi connectivity index (χ0v) is 10.6. The van der Waals surface area contributed by atoms with Crippen LogP contribution in [-0.4, -0.2) is 11.9 Å². The SMILES string of the molecule is Cc1cc(C)cc(CNC(C)CCCl)c1. The third kappa shape index (κ3) is 4.67. The molecule has 84 valence electrons. The lowest BCUT2D eigenvalue weighted by molar-refractivity contribution is 0.536. The second-order valence-corrected chi connectivity index (χ2v) is 4.63. The standard InChI is InChI=1S/C13H20ClN/c1-10-6-11(2)8-13(7-10)9-15-12(3)4-5-14/h6-8,12,15H,4-5,9H2,1-3H3. The van der Waals surface area contributed by atoms with E-state index in [-0.39, 0.29) is 0 Å². The number of hydrogen-bond donors (Lipinski definition) is 1. The maximum atomic E-state index is 5.69. The molecule has 1 aromatic rings. The summed E-state index contributed by atoms with van der Waals surface area (Å²) >= 11 is 5.69. The Morgan fingerprint density at radius 3 is 2.33 bits per heavy atom. The van der Waals surface area contributed by atoms with Gasteiger partial charge in [0.2, 0.25) is 0 Å². The van der Waals surface area contributed by atoms with Gasteiger partial charge in [-0.2, -0.15) is 0 Å². The second kappa shape index (κ2) is 6.14. The summed E-state index contributed by atoms with van der Waals surface area (Å²) in [6, 6.07) is 7.15. The Morgan fingerprint density at radius 1 is 1.20 bits per heavy atom. The van der Waals surface area contributed by atoms with E-state index in [2.05, 4.69) is 44.3 Å². The molecule has 0 bridgehead atoms. The van der Waals surface area contributed by atoms with Crippen molar-refractivity contribution in [2.75, 3.05) is 5.88 Å². The predicted octanol–water partition coefficient (Wildman–Crippen LogP) is 3.41. The summed E-state index contributed by atoms with van der Waals surface area (Å²) < 4.78 is 0. The van der Waals surface area contributed by atoms with E-state index in [1.54, 1.807) is 0 Å². The number of aryl methyl sites for hydroxylation is 2. The smallest absolute Gasteiger partial charge is 0.0238 e. The van der Waals surface area contributed by atoms with Crippen LogP contribution >= 0.6 is 11.6 Å². The van der Waals surface area contributed by atoms with Crippen LogP contribution in [0.25, 0.3) is 0 Å². The summed E-state index contributed by atoms with van der Waals surface area (Å²) in [6.45, 7) is 7.38. The molecule has 0 aliphatic heterocycles. The van der Waals surface area contributed by atoms with Crippen LogP contribution in [0.4, 0.5) is 0 Å². The van der Waals surface area contributed by atoms with E-state index in [0.29, 0.717) is 6.04 Å². The number of hydrogen-bond acceptors (Lipinski definition) is 1. The van der Waals surface area contributed by atoms with Crippen LogP contribution < -0.4 is 5.32 Å². The fourth-order valence-corrected chi connectivity index (χ4v) is 2.06. The van der Waals surface area contributed by atoms with E-state index < -0.39 is 0 Å². The van der Waals surface area contributed by atoms with Gasteiger partial charge >= 0.3 is 0 Å². The average Bonchev–Trinajstić information content (AvgIpc) is 2.14. The molecule has 2 heteroatoms. The van der Waals surface area contributed by atoms with E-state index in [1.165, 1.54) is 16.7 Å². The average molecular weight is 226 g/mol. The minimum absolute atomic E-state index is 0.489. The van der Waals surface area contributed by atoms with Crippen molar-refractivity contribution in [2.24, 2.45) is 0 Å². The molecule has 0 saturated carbocycles. The Labute approximate surface area is 97.8 Å². The van der Waals surface area contributed by atoms with Crippen LogP contribution in [0, 0.1) is 13.8 Å². The number of halogens is 1. The second-order valence-electron chi connectivity index (χ2n) is 4.26. The molecule has 15 heavy (non-hydrogen) atoms. The number of rotatable bonds is 5. The summed E-state index contributed by atoms with van der Waals surface area (Å²) in [5, 5.41) is 3.47. The fourth-order valence-electron chi connectivity index (χ4n) is 1.73. The molecule has 0 amide bonds. The van der Waals surface area contributed by atoms with E-state index in [0.717, 1.165) is 18.8 Å². The number of alkyl halides is 1. The molecule has 0 spiro atoms. The molecule has 1 unspecified atom stereocenters. The van der Waals surface area contributed by atoms with Crippen LogP contribution in [0.2, 0.25) is 0 Å². The van der Waals surface area contributed by atoms with Gasteiger partial charge in [0, 0.05) is 18.5 Å².